The topological polar surface area (TPSA) is 78.4 Å². The van der Waals surface area contributed by atoms with Crippen LogP contribution in [0.2, 0.25) is 5.02 Å². The summed E-state index contributed by atoms with van der Waals surface area (Å²) in [6.45, 7) is 1.68. The molecular weight excluding hydrogens is 372 g/mol. The lowest BCUT2D eigenvalue weighted by Crippen LogP contribution is -2.24. The number of halogens is 1. The molecule has 2 aromatic rings. The number of hydrogen-bond donors (Lipinski definition) is 1. The molecule has 0 aliphatic heterocycles. The predicted octanol–water partition coefficient (Wildman–Crippen LogP) is 3.20. The fraction of sp³-hybridized carbons (Fsp3) is 0.263. The van der Waals surface area contributed by atoms with Crippen LogP contribution in [0, 0.1) is 6.92 Å². The van der Waals surface area contributed by atoms with Crippen molar-refractivity contribution in [2.75, 3.05) is 27.9 Å². The van der Waals surface area contributed by atoms with Crippen molar-refractivity contribution >= 4 is 23.7 Å². The van der Waals surface area contributed by atoms with Gasteiger partial charge in [-0.25, -0.2) is 5.43 Å². The SMILES string of the molecule is COc1ccc(/C=N\NC(=O)COc2ccc(Cl)c(C)c2)c(OC)c1OC. The lowest BCUT2D eigenvalue weighted by atomic mass is 10.2. The van der Waals surface area contributed by atoms with Gasteiger partial charge in [-0.2, -0.15) is 5.10 Å². The highest BCUT2D eigenvalue weighted by Gasteiger charge is 2.14. The fourth-order valence-electron chi connectivity index (χ4n) is 2.29. The minimum atomic E-state index is -0.404. The zero-order valence-electron chi connectivity index (χ0n) is 15.5. The number of amides is 1. The van der Waals surface area contributed by atoms with Crippen LogP contribution in [0.1, 0.15) is 11.1 Å². The summed E-state index contributed by atoms with van der Waals surface area (Å²) < 4.78 is 21.3. The Kier molecular flexibility index (Phi) is 7.31. The van der Waals surface area contributed by atoms with Crippen LogP contribution in [-0.2, 0) is 4.79 Å². The van der Waals surface area contributed by atoms with Crippen molar-refractivity contribution in [2.24, 2.45) is 5.10 Å². The van der Waals surface area contributed by atoms with Gasteiger partial charge in [0.15, 0.2) is 18.1 Å². The molecule has 2 rings (SSSR count). The van der Waals surface area contributed by atoms with Crippen molar-refractivity contribution in [1.82, 2.24) is 5.43 Å². The molecule has 7 nitrogen and oxygen atoms in total. The number of methoxy groups -OCH3 is 3. The first-order chi connectivity index (χ1) is 13.0. The minimum Gasteiger partial charge on any atom is -0.493 e. The number of ether oxygens (including phenoxy) is 4. The van der Waals surface area contributed by atoms with Gasteiger partial charge in [0.1, 0.15) is 5.75 Å². The zero-order chi connectivity index (χ0) is 19.8. The highest BCUT2D eigenvalue weighted by molar-refractivity contribution is 6.31. The molecule has 0 saturated heterocycles. The molecular formula is C19H21ClN2O5. The van der Waals surface area contributed by atoms with Crippen LogP contribution in [-0.4, -0.2) is 40.1 Å². The summed E-state index contributed by atoms with van der Waals surface area (Å²) >= 11 is 5.95. The first kappa shape index (κ1) is 20.4. The van der Waals surface area contributed by atoms with Crippen LogP contribution < -0.4 is 24.4 Å². The van der Waals surface area contributed by atoms with Gasteiger partial charge in [0.2, 0.25) is 5.75 Å². The lowest BCUT2D eigenvalue weighted by Gasteiger charge is -2.13. The van der Waals surface area contributed by atoms with E-state index in [1.807, 2.05) is 6.92 Å². The summed E-state index contributed by atoms with van der Waals surface area (Å²) in [5, 5.41) is 4.56. The van der Waals surface area contributed by atoms with Crippen LogP contribution in [0.15, 0.2) is 35.4 Å². The Labute approximate surface area is 162 Å². The molecule has 0 spiro atoms. The molecule has 1 amide bonds. The van der Waals surface area contributed by atoms with Crippen molar-refractivity contribution in [3.8, 4) is 23.0 Å². The van der Waals surface area contributed by atoms with Crippen molar-refractivity contribution < 1.29 is 23.7 Å². The molecule has 0 aromatic heterocycles. The van der Waals surface area contributed by atoms with Gasteiger partial charge in [0.05, 0.1) is 27.5 Å². The Morgan fingerprint density at radius 3 is 2.48 bits per heavy atom. The van der Waals surface area contributed by atoms with Crippen LogP contribution in [0.5, 0.6) is 23.0 Å². The molecule has 0 unspecified atom stereocenters. The predicted molar refractivity (Wildman–Crippen MR) is 104 cm³/mol. The monoisotopic (exact) mass is 392 g/mol. The standard InChI is InChI=1S/C19H21ClN2O5/c1-12-9-14(6-7-15(12)20)27-11-17(23)22-21-10-13-5-8-16(24-2)19(26-4)18(13)25-3/h5-10H,11H2,1-4H3,(H,22,23)/b21-10-. The average Bonchev–Trinajstić information content (AvgIpc) is 2.68. The van der Waals surface area contributed by atoms with E-state index in [0.29, 0.717) is 33.6 Å². The van der Waals surface area contributed by atoms with Crippen LogP contribution >= 0.6 is 11.6 Å². The Morgan fingerprint density at radius 2 is 1.85 bits per heavy atom. The highest BCUT2D eigenvalue weighted by Crippen LogP contribution is 2.38. The number of hydrogen-bond acceptors (Lipinski definition) is 6. The third kappa shape index (κ3) is 5.27. The Balaban J connectivity index is 1.98. The number of benzene rings is 2. The van der Waals surface area contributed by atoms with E-state index in [9.17, 15) is 4.79 Å². The summed E-state index contributed by atoms with van der Waals surface area (Å²) in [7, 11) is 4.56. The van der Waals surface area contributed by atoms with E-state index in [4.69, 9.17) is 30.5 Å². The van der Waals surface area contributed by atoms with Gasteiger partial charge >= 0.3 is 0 Å². The van der Waals surface area contributed by atoms with Crippen molar-refractivity contribution in [1.29, 1.82) is 0 Å². The van der Waals surface area contributed by atoms with E-state index in [2.05, 4.69) is 10.5 Å². The van der Waals surface area contributed by atoms with E-state index in [1.165, 1.54) is 27.5 Å². The summed E-state index contributed by atoms with van der Waals surface area (Å²) in [6, 6.07) is 8.62. The largest absolute Gasteiger partial charge is 0.493 e. The molecule has 0 bridgehead atoms. The van der Waals surface area contributed by atoms with Gasteiger partial charge in [0.25, 0.3) is 5.91 Å². The first-order valence-corrected chi connectivity index (χ1v) is 8.37. The van der Waals surface area contributed by atoms with E-state index in [1.54, 1.807) is 30.3 Å². The summed E-state index contributed by atoms with van der Waals surface area (Å²) in [5.41, 5.74) is 3.88. The van der Waals surface area contributed by atoms with Crippen molar-refractivity contribution in [3.63, 3.8) is 0 Å². The smallest absolute Gasteiger partial charge is 0.277 e. The quantitative estimate of drug-likeness (QED) is 0.551. The van der Waals surface area contributed by atoms with Crippen molar-refractivity contribution in [3.05, 3.63) is 46.5 Å². The second-order valence-electron chi connectivity index (χ2n) is 5.42. The van der Waals surface area contributed by atoms with Gasteiger partial charge in [-0.1, -0.05) is 11.6 Å². The Hall–Kier alpha value is -2.93. The van der Waals surface area contributed by atoms with Gasteiger partial charge in [-0.05, 0) is 42.8 Å². The summed E-state index contributed by atoms with van der Waals surface area (Å²) in [5.74, 6) is 1.57. The van der Waals surface area contributed by atoms with E-state index < -0.39 is 5.91 Å². The Bertz CT molecular complexity index is 839. The molecule has 1 N–H and O–H groups in total. The fourth-order valence-corrected chi connectivity index (χ4v) is 2.41. The second-order valence-corrected chi connectivity index (χ2v) is 5.82. The molecule has 27 heavy (non-hydrogen) atoms. The second kappa shape index (κ2) is 9.68. The molecule has 0 aliphatic rings. The maximum atomic E-state index is 11.9. The van der Waals surface area contributed by atoms with Crippen molar-refractivity contribution in [2.45, 2.75) is 6.92 Å². The maximum Gasteiger partial charge on any atom is 0.277 e. The molecule has 8 heteroatoms. The minimum absolute atomic E-state index is 0.179. The third-order valence-corrected chi connectivity index (χ3v) is 4.05. The number of nitrogens with zero attached hydrogens (tertiary/aromatic N) is 1. The molecule has 0 radical (unpaired) electrons. The summed E-state index contributed by atoms with van der Waals surface area (Å²) in [4.78, 5) is 11.9. The highest BCUT2D eigenvalue weighted by atomic mass is 35.5. The molecule has 144 valence electrons. The number of rotatable bonds is 8. The molecule has 2 aromatic carbocycles. The number of aryl methyl sites for hydroxylation is 1. The number of carbonyl (C=O) groups excluding carboxylic acids is 1. The average molecular weight is 393 g/mol. The molecule has 0 saturated carbocycles. The zero-order valence-corrected chi connectivity index (χ0v) is 16.3. The van der Waals surface area contributed by atoms with Gasteiger partial charge in [-0.3, -0.25) is 4.79 Å². The number of carbonyl (C=O) groups is 1. The van der Waals surface area contributed by atoms with Crippen LogP contribution in [0.4, 0.5) is 0 Å². The number of hydrazone groups is 1. The molecule has 0 heterocycles. The number of nitrogens with one attached hydrogen (secondary N) is 1. The van der Waals surface area contributed by atoms with Gasteiger partial charge in [-0.15, -0.1) is 0 Å². The van der Waals surface area contributed by atoms with Crippen LogP contribution in [0.3, 0.4) is 0 Å². The Morgan fingerprint density at radius 1 is 1.11 bits per heavy atom. The first-order valence-electron chi connectivity index (χ1n) is 8.00. The van der Waals surface area contributed by atoms with Gasteiger partial charge < -0.3 is 18.9 Å². The molecule has 0 aliphatic carbocycles. The lowest BCUT2D eigenvalue weighted by molar-refractivity contribution is -0.123. The van der Waals surface area contributed by atoms with E-state index >= 15 is 0 Å². The summed E-state index contributed by atoms with van der Waals surface area (Å²) in [6.07, 6.45) is 1.45. The molecule has 0 fully saturated rings. The van der Waals surface area contributed by atoms with E-state index in [-0.39, 0.29) is 6.61 Å². The van der Waals surface area contributed by atoms with E-state index in [0.717, 1.165) is 5.56 Å². The third-order valence-electron chi connectivity index (χ3n) is 3.63. The maximum absolute atomic E-state index is 11.9. The normalized spacial score (nSPS) is 10.6. The van der Waals surface area contributed by atoms with Gasteiger partial charge in [0, 0.05) is 10.6 Å². The van der Waals surface area contributed by atoms with Crippen LogP contribution in [0.25, 0.3) is 0 Å². The molecule has 0 atom stereocenters.